The highest BCUT2D eigenvalue weighted by Crippen LogP contribution is 2.27. The van der Waals surface area contributed by atoms with Crippen LogP contribution in [0.1, 0.15) is 12.8 Å². The van der Waals surface area contributed by atoms with Crippen LogP contribution in [-0.2, 0) is 0 Å². The molecule has 0 spiro atoms. The summed E-state index contributed by atoms with van der Waals surface area (Å²) in [6, 6.07) is 7.80. The molecule has 0 bridgehead atoms. The summed E-state index contributed by atoms with van der Waals surface area (Å²) in [4.78, 5) is 10.4. The van der Waals surface area contributed by atoms with Crippen molar-refractivity contribution in [3.05, 3.63) is 30.5 Å². The highest BCUT2D eigenvalue weighted by Gasteiger charge is 2.11. The Morgan fingerprint density at radius 2 is 2.00 bits per heavy atom. The van der Waals surface area contributed by atoms with Gasteiger partial charge in [0, 0.05) is 18.3 Å². The zero-order valence-electron chi connectivity index (χ0n) is 12.5. The molecule has 4 N–H and O–H groups in total. The van der Waals surface area contributed by atoms with Crippen LogP contribution < -0.4 is 16.2 Å². The average molecular weight is 299 g/mol. The normalized spacial score (nSPS) is 15.1. The van der Waals surface area contributed by atoms with E-state index in [1.54, 1.807) is 6.20 Å². The number of benzene rings is 1. The Bertz CT molecular complexity index is 640. The first-order valence-corrected chi connectivity index (χ1v) is 7.56. The van der Waals surface area contributed by atoms with E-state index in [4.69, 9.17) is 16.2 Å². The van der Waals surface area contributed by atoms with Crippen LogP contribution in [0.3, 0.4) is 0 Å². The molecule has 1 saturated heterocycles. The minimum atomic E-state index is 0.180. The highest BCUT2D eigenvalue weighted by atomic mass is 16.5. The van der Waals surface area contributed by atoms with E-state index in [1.807, 2.05) is 24.3 Å². The Kier molecular flexibility index (Phi) is 4.39. The first-order valence-electron chi connectivity index (χ1n) is 7.56. The fourth-order valence-corrected chi connectivity index (χ4v) is 2.68. The molecule has 116 valence electrons. The number of aromatic nitrogens is 2. The Morgan fingerprint density at radius 1 is 1.18 bits per heavy atom. The van der Waals surface area contributed by atoms with Gasteiger partial charge in [0.15, 0.2) is 0 Å². The largest absolute Gasteiger partial charge is 0.492 e. The fraction of sp³-hybridized carbons (Fsp3) is 0.375. The number of nitrogen functional groups attached to an aromatic ring is 2. The molecule has 0 amide bonds. The molecule has 2 aromatic rings. The number of nitrogens with two attached hydrogens (primary N) is 2. The Labute approximate surface area is 130 Å². The van der Waals surface area contributed by atoms with Gasteiger partial charge in [-0.25, -0.2) is 4.98 Å². The van der Waals surface area contributed by atoms with E-state index in [9.17, 15) is 0 Å². The summed E-state index contributed by atoms with van der Waals surface area (Å²) in [6.07, 6.45) is 4.23. The molecule has 1 aliphatic rings. The number of hydrogen-bond acceptors (Lipinski definition) is 6. The SMILES string of the molecule is Nc1ncc(-c2cccc(OCCN3CCCC3)c2)c(N)n1. The third-order valence-corrected chi connectivity index (χ3v) is 3.86. The van der Waals surface area contributed by atoms with Crippen LogP contribution >= 0.6 is 0 Å². The molecule has 3 rings (SSSR count). The van der Waals surface area contributed by atoms with E-state index in [1.165, 1.54) is 25.9 Å². The summed E-state index contributed by atoms with van der Waals surface area (Å²) in [5, 5.41) is 0. The number of ether oxygens (including phenoxy) is 1. The molecule has 1 aliphatic heterocycles. The molecule has 1 aromatic heterocycles. The molecule has 22 heavy (non-hydrogen) atoms. The maximum absolute atomic E-state index is 5.91. The molecular weight excluding hydrogens is 278 g/mol. The number of likely N-dealkylation sites (tertiary alicyclic amines) is 1. The second-order valence-corrected chi connectivity index (χ2v) is 5.45. The number of nitrogens with zero attached hydrogens (tertiary/aromatic N) is 3. The number of rotatable bonds is 5. The maximum Gasteiger partial charge on any atom is 0.221 e. The molecule has 0 saturated carbocycles. The lowest BCUT2D eigenvalue weighted by atomic mass is 10.1. The van der Waals surface area contributed by atoms with Gasteiger partial charge in [0.05, 0.1) is 0 Å². The second kappa shape index (κ2) is 6.62. The van der Waals surface area contributed by atoms with Gasteiger partial charge < -0.3 is 16.2 Å². The van der Waals surface area contributed by atoms with Crippen molar-refractivity contribution in [1.82, 2.24) is 14.9 Å². The smallest absolute Gasteiger partial charge is 0.221 e. The van der Waals surface area contributed by atoms with E-state index in [2.05, 4.69) is 14.9 Å². The van der Waals surface area contributed by atoms with Gasteiger partial charge in [-0.2, -0.15) is 4.98 Å². The van der Waals surface area contributed by atoms with E-state index < -0.39 is 0 Å². The molecule has 0 atom stereocenters. The molecule has 0 aliphatic carbocycles. The van der Waals surface area contributed by atoms with Crippen molar-refractivity contribution >= 4 is 11.8 Å². The van der Waals surface area contributed by atoms with Crippen LogP contribution in [0.15, 0.2) is 30.5 Å². The predicted molar refractivity (Wildman–Crippen MR) is 87.5 cm³/mol. The molecule has 1 aromatic carbocycles. The molecular formula is C16H21N5O. The lowest BCUT2D eigenvalue weighted by molar-refractivity contribution is 0.238. The minimum Gasteiger partial charge on any atom is -0.492 e. The first-order chi connectivity index (χ1) is 10.7. The quantitative estimate of drug-likeness (QED) is 0.874. The Morgan fingerprint density at radius 3 is 2.77 bits per heavy atom. The Hall–Kier alpha value is -2.34. The van der Waals surface area contributed by atoms with Crippen LogP contribution in [0.5, 0.6) is 5.75 Å². The minimum absolute atomic E-state index is 0.180. The zero-order chi connectivity index (χ0) is 15.4. The summed E-state index contributed by atoms with van der Waals surface area (Å²) in [5.41, 5.74) is 13.1. The van der Waals surface area contributed by atoms with E-state index >= 15 is 0 Å². The number of hydrogen-bond donors (Lipinski definition) is 2. The number of anilines is 2. The lowest BCUT2D eigenvalue weighted by Gasteiger charge is -2.15. The summed E-state index contributed by atoms with van der Waals surface area (Å²) < 4.78 is 5.85. The van der Waals surface area contributed by atoms with Crippen LogP contribution in [0.25, 0.3) is 11.1 Å². The summed E-state index contributed by atoms with van der Waals surface area (Å²) >= 11 is 0. The first kappa shape index (κ1) is 14.6. The summed E-state index contributed by atoms with van der Waals surface area (Å²) in [6.45, 7) is 4.03. The van der Waals surface area contributed by atoms with E-state index in [0.717, 1.165) is 23.4 Å². The van der Waals surface area contributed by atoms with Crippen LogP contribution in [-0.4, -0.2) is 41.1 Å². The molecule has 6 nitrogen and oxygen atoms in total. The standard InChI is InChI=1S/C16H21N5O/c17-15-14(11-19-16(18)20-15)12-4-3-5-13(10-12)22-9-8-21-6-1-2-7-21/h3-5,10-11H,1-2,6-9H2,(H4,17,18,19,20). The fourth-order valence-electron chi connectivity index (χ4n) is 2.68. The lowest BCUT2D eigenvalue weighted by Crippen LogP contribution is -2.25. The second-order valence-electron chi connectivity index (χ2n) is 5.45. The Balaban J connectivity index is 1.66. The van der Waals surface area contributed by atoms with Crippen molar-refractivity contribution in [2.75, 3.05) is 37.7 Å². The van der Waals surface area contributed by atoms with Crippen molar-refractivity contribution in [3.63, 3.8) is 0 Å². The highest BCUT2D eigenvalue weighted by molar-refractivity contribution is 5.74. The third-order valence-electron chi connectivity index (χ3n) is 3.86. The molecule has 6 heteroatoms. The van der Waals surface area contributed by atoms with Gasteiger partial charge in [-0.15, -0.1) is 0 Å². The van der Waals surface area contributed by atoms with E-state index in [-0.39, 0.29) is 5.95 Å². The summed E-state index contributed by atoms with van der Waals surface area (Å²) in [5.74, 6) is 1.38. The van der Waals surface area contributed by atoms with Crippen LogP contribution in [0.4, 0.5) is 11.8 Å². The maximum atomic E-state index is 5.91. The van der Waals surface area contributed by atoms with Crippen molar-refractivity contribution in [2.24, 2.45) is 0 Å². The summed E-state index contributed by atoms with van der Waals surface area (Å²) in [7, 11) is 0. The molecule has 0 unspecified atom stereocenters. The van der Waals surface area contributed by atoms with Gasteiger partial charge in [-0.3, -0.25) is 4.90 Å². The van der Waals surface area contributed by atoms with Crippen molar-refractivity contribution in [1.29, 1.82) is 0 Å². The topological polar surface area (TPSA) is 90.3 Å². The van der Waals surface area contributed by atoms with Gasteiger partial charge in [0.25, 0.3) is 0 Å². The van der Waals surface area contributed by atoms with Crippen molar-refractivity contribution in [2.45, 2.75) is 12.8 Å². The molecule has 2 heterocycles. The van der Waals surface area contributed by atoms with Crippen LogP contribution in [0.2, 0.25) is 0 Å². The predicted octanol–water partition coefficient (Wildman–Crippen LogP) is 1.78. The van der Waals surface area contributed by atoms with Crippen LogP contribution in [0, 0.1) is 0 Å². The van der Waals surface area contributed by atoms with Gasteiger partial charge in [-0.1, -0.05) is 12.1 Å². The van der Waals surface area contributed by atoms with Gasteiger partial charge >= 0.3 is 0 Å². The monoisotopic (exact) mass is 299 g/mol. The van der Waals surface area contributed by atoms with Gasteiger partial charge in [0.1, 0.15) is 18.2 Å². The van der Waals surface area contributed by atoms with Gasteiger partial charge in [0.2, 0.25) is 5.95 Å². The van der Waals surface area contributed by atoms with Crippen molar-refractivity contribution < 1.29 is 4.74 Å². The average Bonchev–Trinajstić information content (AvgIpc) is 3.01. The van der Waals surface area contributed by atoms with Crippen molar-refractivity contribution in [3.8, 4) is 16.9 Å². The third kappa shape index (κ3) is 3.46. The van der Waals surface area contributed by atoms with E-state index in [0.29, 0.717) is 12.4 Å². The molecule has 1 fully saturated rings. The zero-order valence-corrected chi connectivity index (χ0v) is 12.5. The van der Waals surface area contributed by atoms with Gasteiger partial charge in [-0.05, 0) is 43.6 Å². The molecule has 0 radical (unpaired) electrons.